The van der Waals surface area contributed by atoms with Crippen molar-refractivity contribution >= 4 is 17.7 Å². The quantitative estimate of drug-likeness (QED) is 0.850. The summed E-state index contributed by atoms with van der Waals surface area (Å²) in [7, 11) is 0. The third-order valence-electron chi connectivity index (χ3n) is 2.36. The molecule has 1 heterocycles. The third kappa shape index (κ3) is 2.44. The number of aromatic nitrogens is 1. The highest BCUT2D eigenvalue weighted by Crippen LogP contribution is 2.21. The van der Waals surface area contributed by atoms with Gasteiger partial charge in [0.1, 0.15) is 6.26 Å². The average Bonchev–Trinajstić information content (AvgIpc) is 2.72. The molecule has 0 saturated carbocycles. The molecule has 0 bridgehead atoms. The van der Waals surface area contributed by atoms with Crippen molar-refractivity contribution < 1.29 is 14.3 Å². The minimum absolute atomic E-state index is 0.113. The van der Waals surface area contributed by atoms with E-state index in [4.69, 9.17) is 9.52 Å². The van der Waals surface area contributed by atoms with Crippen LogP contribution < -0.4 is 5.32 Å². The number of aryl methyl sites for hydroxylation is 2. The van der Waals surface area contributed by atoms with E-state index in [9.17, 15) is 4.79 Å². The molecule has 0 aliphatic carbocycles. The van der Waals surface area contributed by atoms with Crippen molar-refractivity contribution in [2.45, 2.75) is 13.8 Å². The molecule has 88 valence electrons. The fourth-order valence-corrected chi connectivity index (χ4v) is 1.42. The Bertz CT molecular complexity index is 561. The average molecular weight is 232 g/mol. The molecule has 17 heavy (non-hydrogen) atoms. The molecule has 0 spiro atoms. The molecule has 2 aromatic rings. The van der Waals surface area contributed by atoms with Gasteiger partial charge in [-0.15, -0.1) is 0 Å². The Balaban J connectivity index is 2.25. The molecular formula is C12H12N2O3. The lowest BCUT2D eigenvalue weighted by atomic mass is 10.1. The van der Waals surface area contributed by atoms with Crippen LogP contribution in [0.4, 0.5) is 11.7 Å². The Hall–Kier alpha value is -2.30. The van der Waals surface area contributed by atoms with Crippen LogP contribution in [0.15, 0.2) is 28.9 Å². The first-order valence-electron chi connectivity index (χ1n) is 5.09. The molecule has 0 atom stereocenters. The maximum Gasteiger partial charge on any atom is 0.357 e. The number of aromatic carboxylic acids is 1. The van der Waals surface area contributed by atoms with E-state index < -0.39 is 5.97 Å². The predicted octanol–water partition coefficient (Wildman–Crippen LogP) is 2.73. The van der Waals surface area contributed by atoms with E-state index >= 15 is 0 Å². The molecule has 2 rings (SSSR count). The van der Waals surface area contributed by atoms with Gasteiger partial charge in [0.15, 0.2) is 5.69 Å². The number of carboxylic acids is 1. The third-order valence-corrected chi connectivity index (χ3v) is 2.36. The number of nitrogens with one attached hydrogen (secondary N) is 1. The van der Waals surface area contributed by atoms with E-state index in [2.05, 4.69) is 10.3 Å². The van der Waals surface area contributed by atoms with Gasteiger partial charge in [0.05, 0.1) is 0 Å². The first-order chi connectivity index (χ1) is 8.06. The van der Waals surface area contributed by atoms with Crippen LogP contribution in [0.3, 0.4) is 0 Å². The van der Waals surface area contributed by atoms with Crippen molar-refractivity contribution in [3.05, 3.63) is 41.3 Å². The van der Waals surface area contributed by atoms with Crippen LogP contribution in [-0.2, 0) is 0 Å². The number of oxazole rings is 1. The van der Waals surface area contributed by atoms with Gasteiger partial charge in [-0.25, -0.2) is 4.79 Å². The van der Waals surface area contributed by atoms with Crippen molar-refractivity contribution in [3.63, 3.8) is 0 Å². The van der Waals surface area contributed by atoms with Crippen LogP contribution >= 0.6 is 0 Å². The lowest BCUT2D eigenvalue weighted by Crippen LogP contribution is -1.98. The molecule has 0 aliphatic rings. The fourth-order valence-electron chi connectivity index (χ4n) is 1.42. The monoisotopic (exact) mass is 232 g/mol. The van der Waals surface area contributed by atoms with Crippen molar-refractivity contribution in [2.75, 3.05) is 5.32 Å². The van der Waals surface area contributed by atoms with Crippen LogP contribution in [-0.4, -0.2) is 16.1 Å². The fraction of sp³-hybridized carbons (Fsp3) is 0.167. The first-order valence-corrected chi connectivity index (χ1v) is 5.09. The molecule has 0 aliphatic heterocycles. The standard InChI is InChI=1S/C12H12N2O3/c1-7-3-4-8(2)9(5-7)13-12-14-10(6-17-12)11(15)16/h3-6H,1-2H3,(H,13,14)(H,15,16). The number of hydrogen-bond acceptors (Lipinski definition) is 4. The minimum Gasteiger partial charge on any atom is -0.476 e. The van der Waals surface area contributed by atoms with Gasteiger partial charge in [0.25, 0.3) is 6.01 Å². The largest absolute Gasteiger partial charge is 0.476 e. The molecule has 5 nitrogen and oxygen atoms in total. The van der Waals surface area contributed by atoms with Crippen LogP contribution in [0.5, 0.6) is 0 Å². The maximum absolute atomic E-state index is 10.6. The van der Waals surface area contributed by atoms with Crippen molar-refractivity contribution in [1.82, 2.24) is 4.98 Å². The molecular weight excluding hydrogens is 220 g/mol. The lowest BCUT2D eigenvalue weighted by Gasteiger charge is -2.06. The Morgan fingerprint density at radius 1 is 1.41 bits per heavy atom. The van der Waals surface area contributed by atoms with Gasteiger partial charge < -0.3 is 14.8 Å². The topological polar surface area (TPSA) is 75.4 Å². The zero-order valence-corrected chi connectivity index (χ0v) is 9.52. The van der Waals surface area contributed by atoms with E-state index in [0.29, 0.717) is 0 Å². The molecule has 1 aromatic carbocycles. The summed E-state index contributed by atoms with van der Waals surface area (Å²) in [6.07, 6.45) is 1.11. The second-order valence-electron chi connectivity index (χ2n) is 3.79. The molecule has 0 unspecified atom stereocenters. The van der Waals surface area contributed by atoms with Crippen molar-refractivity contribution in [3.8, 4) is 0 Å². The van der Waals surface area contributed by atoms with Gasteiger partial charge in [0.2, 0.25) is 0 Å². The molecule has 1 aromatic heterocycles. The first kappa shape index (κ1) is 11.2. The van der Waals surface area contributed by atoms with Gasteiger partial charge in [-0.1, -0.05) is 12.1 Å². The Kier molecular flexibility index (Phi) is 2.82. The second-order valence-corrected chi connectivity index (χ2v) is 3.79. The van der Waals surface area contributed by atoms with Crippen molar-refractivity contribution in [1.29, 1.82) is 0 Å². The summed E-state index contributed by atoms with van der Waals surface area (Å²) in [5.74, 6) is -1.11. The number of carboxylic acid groups (broad SMARTS) is 1. The van der Waals surface area contributed by atoms with Gasteiger partial charge in [-0.2, -0.15) is 4.98 Å². The van der Waals surface area contributed by atoms with Crippen molar-refractivity contribution in [2.24, 2.45) is 0 Å². The van der Waals surface area contributed by atoms with Crippen LogP contribution in [0.2, 0.25) is 0 Å². The normalized spacial score (nSPS) is 10.2. The summed E-state index contributed by atoms with van der Waals surface area (Å²) in [6, 6.07) is 6.09. The van der Waals surface area contributed by atoms with Crippen LogP contribution in [0.25, 0.3) is 0 Å². The second kappa shape index (κ2) is 4.29. The summed E-state index contributed by atoms with van der Waals surface area (Å²) >= 11 is 0. The molecule has 0 amide bonds. The molecule has 2 N–H and O–H groups in total. The van der Waals surface area contributed by atoms with Gasteiger partial charge in [-0.3, -0.25) is 0 Å². The van der Waals surface area contributed by atoms with E-state index in [-0.39, 0.29) is 11.7 Å². The Morgan fingerprint density at radius 3 is 2.82 bits per heavy atom. The van der Waals surface area contributed by atoms with E-state index in [1.54, 1.807) is 0 Å². The SMILES string of the molecule is Cc1ccc(C)c(Nc2nc(C(=O)O)co2)c1. The Labute approximate surface area is 98.1 Å². The Morgan fingerprint density at radius 2 is 2.18 bits per heavy atom. The summed E-state index contributed by atoms with van der Waals surface area (Å²) in [5, 5.41) is 11.7. The number of carbonyl (C=O) groups is 1. The maximum atomic E-state index is 10.6. The van der Waals surface area contributed by atoms with E-state index in [1.165, 1.54) is 0 Å². The molecule has 0 fully saturated rings. The van der Waals surface area contributed by atoms with Gasteiger partial charge >= 0.3 is 5.97 Å². The lowest BCUT2D eigenvalue weighted by molar-refractivity contribution is 0.0690. The van der Waals surface area contributed by atoms with E-state index in [0.717, 1.165) is 23.1 Å². The van der Waals surface area contributed by atoms with Crippen LogP contribution in [0.1, 0.15) is 21.6 Å². The highest BCUT2D eigenvalue weighted by Gasteiger charge is 2.10. The minimum atomic E-state index is -1.11. The van der Waals surface area contributed by atoms with E-state index in [1.807, 2.05) is 32.0 Å². The zero-order chi connectivity index (χ0) is 12.4. The summed E-state index contributed by atoms with van der Waals surface area (Å²) in [6.45, 7) is 3.92. The van der Waals surface area contributed by atoms with Gasteiger partial charge in [0, 0.05) is 5.69 Å². The van der Waals surface area contributed by atoms with Crippen LogP contribution in [0, 0.1) is 13.8 Å². The van der Waals surface area contributed by atoms with Gasteiger partial charge in [-0.05, 0) is 31.0 Å². The molecule has 5 heteroatoms. The molecule has 0 saturated heterocycles. The number of benzene rings is 1. The number of anilines is 2. The number of hydrogen-bond donors (Lipinski definition) is 2. The zero-order valence-electron chi connectivity index (χ0n) is 9.52. The highest BCUT2D eigenvalue weighted by atomic mass is 16.4. The summed E-state index contributed by atoms with van der Waals surface area (Å²) < 4.78 is 5.02. The summed E-state index contributed by atoms with van der Waals surface area (Å²) in [4.78, 5) is 14.4. The molecule has 0 radical (unpaired) electrons. The predicted molar refractivity (Wildman–Crippen MR) is 62.7 cm³/mol. The highest BCUT2D eigenvalue weighted by molar-refractivity contribution is 5.85. The smallest absolute Gasteiger partial charge is 0.357 e. The summed E-state index contributed by atoms with van der Waals surface area (Å²) in [5.41, 5.74) is 2.87. The number of rotatable bonds is 3. The number of nitrogens with zero attached hydrogens (tertiary/aromatic N) is 1.